The summed E-state index contributed by atoms with van der Waals surface area (Å²) in [7, 11) is 0. The lowest BCUT2D eigenvalue weighted by Gasteiger charge is -2.25. The first-order valence-corrected chi connectivity index (χ1v) is 10.8. The van der Waals surface area contributed by atoms with E-state index in [1.54, 1.807) is 42.5 Å². The number of hydrogen-bond donors (Lipinski definition) is 1. The van der Waals surface area contributed by atoms with Crippen LogP contribution in [0.25, 0.3) is 5.76 Å². The van der Waals surface area contributed by atoms with E-state index in [9.17, 15) is 19.1 Å². The summed E-state index contributed by atoms with van der Waals surface area (Å²) >= 11 is 0. The van der Waals surface area contributed by atoms with Gasteiger partial charge >= 0.3 is 0 Å². The highest BCUT2D eigenvalue weighted by Crippen LogP contribution is 2.42. The van der Waals surface area contributed by atoms with Gasteiger partial charge in [-0.05, 0) is 73.0 Å². The molecule has 1 N–H and O–H groups in total. The highest BCUT2D eigenvalue weighted by Gasteiger charge is 2.47. The number of amides is 1. The normalized spacial score (nSPS) is 17.4. The number of ketones is 1. The summed E-state index contributed by atoms with van der Waals surface area (Å²) in [6.45, 7) is 4.45. The Kier molecular flexibility index (Phi) is 6.27. The van der Waals surface area contributed by atoms with Gasteiger partial charge in [-0.2, -0.15) is 0 Å². The molecular weight excluding hydrogens is 421 g/mol. The molecule has 0 spiro atoms. The third-order valence-corrected chi connectivity index (χ3v) is 5.51. The Hall–Kier alpha value is -3.93. The van der Waals surface area contributed by atoms with E-state index in [4.69, 9.17) is 4.74 Å². The molecule has 6 heteroatoms. The Morgan fingerprint density at radius 1 is 1.03 bits per heavy atom. The van der Waals surface area contributed by atoms with Crippen LogP contribution in [-0.4, -0.2) is 23.4 Å². The average molecular weight is 445 g/mol. The van der Waals surface area contributed by atoms with Crippen molar-refractivity contribution in [2.75, 3.05) is 11.5 Å². The molecule has 1 aliphatic heterocycles. The molecule has 1 amide bonds. The summed E-state index contributed by atoms with van der Waals surface area (Å²) in [5, 5.41) is 11.1. The topological polar surface area (TPSA) is 66.8 Å². The fourth-order valence-electron chi connectivity index (χ4n) is 3.92. The van der Waals surface area contributed by atoms with Gasteiger partial charge in [0.15, 0.2) is 0 Å². The largest absolute Gasteiger partial charge is 0.507 e. The number of aryl methyl sites for hydroxylation is 1. The minimum absolute atomic E-state index is 0.0460. The number of Topliss-reactive ketones (excluding diaryl/α,β-unsaturated/α-hetero) is 1. The third kappa shape index (κ3) is 4.37. The molecule has 0 aliphatic carbocycles. The van der Waals surface area contributed by atoms with Crippen molar-refractivity contribution in [2.24, 2.45) is 0 Å². The van der Waals surface area contributed by atoms with Crippen molar-refractivity contribution in [3.63, 3.8) is 0 Å². The summed E-state index contributed by atoms with van der Waals surface area (Å²) in [4.78, 5) is 27.6. The number of ether oxygens (including phenoxy) is 1. The van der Waals surface area contributed by atoms with E-state index in [0.29, 0.717) is 29.2 Å². The predicted octanol–water partition coefficient (Wildman–Crippen LogP) is 5.55. The molecule has 5 nitrogen and oxygen atoms in total. The maximum atomic E-state index is 13.6. The molecule has 1 saturated heterocycles. The minimum Gasteiger partial charge on any atom is -0.507 e. The zero-order valence-corrected chi connectivity index (χ0v) is 18.4. The van der Waals surface area contributed by atoms with E-state index < -0.39 is 23.5 Å². The van der Waals surface area contributed by atoms with Crippen molar-refractivity contribution >= 4 is 23.1 Å². The smallest absolute Gasteiger partial charge is 0.300 e. The minimum atomic E-state index is -0.900. The lowest BCUT2D eigenvalue weighted by atomic mass is 9.95. The van der Waals surface area contributed by atoms with Gasteiger partial charge in [-0.1, -0.05) is 31.2 Å². The molecular formula is C27H24FNO4. The number of rotatable bonds is 6. The van der Waals surface area contributed by atoms with E-state index in [0.717, 1.165) is 12.0 Å². The number of carbonyl (C=O) groups excluding carboxylic acids is 2. The Morgan fingerprint density at radius 2 is 1.73 bits per heavy atom. The van der Waals surface area contributed by atoms with E-state index in [1.807, 2.05) is 19.9 Å². The zero-order valence-electron chi connectivity index (χ0n) is 18.4. The Labute approximate surface area is 191 Å². The first-order chi connectivity index (χ1) is 15.9. The van der Waals surface area contributed by atoms with Crippen molar-refractivity contribution in [1.82, 2.24) is 0 Å². The van der Waals surface area contributed by atoms with E-state index >= 15 is 0 Å². The molecule has 0 bridgehead atoms. The fourth-order valence-corrected chi connectivity index (χ4v) is 3.92. The Morgan fingerprint density at radius 3 is 2.36 bits per heavy atom. The van der Waals surface area contributed by atoms with Gasteiger partial charge in [0.1, 0.15) is 17.3 Å². The van der Waals surface area contributed by atoms with Crippen LogP contribution in [0.1, 0.15) is 36.1 Å². The number of aliphatic hydroxyl groups excluding tert-OH is 1. The van der Waals surface area contributed by atoms with Gasteiger partial charge in [0.05, 0.1) is 18.2 Å². The van der Waals surface area contributed by atoms with Crippen LogP contribution in [0, 0.1) is 12.7 Å². The van der Waals surface area contributed by atoms with Crippen LogP contribution in [0.2, 0.25) is 0 Å². The van der Waals surface area contributed by atoms with Crippen molar-refractivity contribution in [3.05, 3.63) is 101 Å². The van der Waals surface area contributed by atoms with Gasteiger partial charge in [-0.15, -0.1) is 0 Å². The number of anilines is 1. The van der Waals surface area contributed by atoms with Crippen LogP contribution < -0.4 is 9.64 Å². The van der Waals surface area contributed by atoms with Crippen molar-refractivity contribution in [2.45, 2.75) is 26.3 Å². The van der Waals surface area contributed by atoms with Crippen LogP contribution in [0.5, 0.6) is 5.75 Å². The van der Waals surface area contributed by atoms with Crippen molar-refractivity contribution in [3.8, 4) is 5.75 Å². The van der Waals surface area contributed by atoms with Gasteiger partial charge in [0.2, 0.25) is 0 Å². The zero-order chi connectivity index (χ0) is 23.5. The van der Waals surface area contributed by atoms with Crippen LogP contribution in [0.3, 0.4) is 0 Å². The molecule has 0 radical (unpaired) electrons. The molecule has 1 heterocycles. The number of halogens is 1. The highest BCUT2D eigenvalue weighted by atomic mass is 19.1. The standard InChI is InChI=1S/C27H24FNO4/c1-3-15-33-22-13-9-19(10-14-22)25(30)23-24(18-7-11-20(28)12-8-18)29(27(32)26(23)31)21-6-4-5-17(2)16-21/h4-14,16,24,30H,3,15H2,1-2H3/b25-23+. The summed E-state index contributed by atoms with van der Waals surface area (Å²) in [6, 6.07) is 18.6. The number of hydrogen-bond acceptors (Lipinski definition) is 4. The first-order valence-electron chi connectivity index (χ1n) is 10.8. The SMILES string of the molecule is CCCOc1ccc(/C(O)=C2\C(=O)C(=O)N(c3cccc(C)c3)C2c2ccc(F)cc2)cc1. The maximum Gasteiger partial charge on any atom is 0.300 e. The average Bonchev–Trinajstić information content (AvgIpc) is 3.08. The molecule has 4 rings (SSSR count). The lowest BCUT2D eigenvalue weighted by molar-refractivity contribution is -0.132. The highest BCUT2D eigenvalue weighted by molar-refractivity contribution is 6.51. The van der Waals surface area contributed by atoms with Gasteiger partial charge in [0, 0.05) is 11.3 Å². The van der Waals surface area contributed by atoms with E-state index in [-0.39, 0.29) is 11.3 Å². The van der Waals surface area contributed by atoms with Crippen molar-refractivity contribution in [1.29, 1.82) is 0 Å². The van der Waals surface area contributed by atoms with E-state index in [2.05, 4.69) is 0 Å². The molecule has 1 fully saturated rings. The third-order valence-electron chi connectivity index (χ3n) is 5.51. The van der Waals surface area contributed by atoms with Gasteiger partial charge in [0.25, 0.3) is 11.7 Å². The first kappa shape index (κ1) is 22.3. The summed E-state index contributed by atoms with van der Waals surface area (Å²) < 4.78 is 19.2. The molecule has 1 atom stereocenters. The molecule has 0 saturated carbocycles. The Bertz CT molecular complexity index is 1220. The molecule has 1 unspecified atom stereocenters. The second-order valence-electron chi connectivity index (χ2n) is 7.93. The maximum absolute atomic E-state index is 13.6. The number of nitrogens with zero attached hydrogens (tertiary/aromatic N) is 1. The molecule has 3 aromatic carbocycles. The van der Waals surface area contributed by atoms with Crippen LogP contribution in [-0.2, 0) is 9.59 Å². The second-order valence-corrected chi connectivity index (χ2v) is 7.93. The van der Waals surface area contributed by atoms with E-state index in [1.165, 1.54) is 29.2 Å². The summed E-state index contributed by atoms with van der Waals surface area (Å²) in [6.07, 6.45) is 0.863. The molecule has 33 heavy (non-hydrogen) atoms. The van der Waals surface area contributed by atoms with Crippen molar-refractivity contribution < 1.29 is 23.8 Å². The molecule has 168 valence electrons. The van der Waals surface area contributed by atoms with Gasteiger partial charge < -0.3 is 9.84 Å². The van der Waals surface area contributed by atoms with Gasteiger partial charge in [-0.25, -0.2) is 4.39 Å². The molecule has 1 aliphatic rings. The predicted molar refractivity (Wildman–Crippen MR) is 125 cm³/mol. The second kappa shape index (κ2) is 9.28. The summed E-state index contributed by atoms with van der Waals surface area (Å²) in [5.41, 5.74) is 2.29. The van der Waals surface area contributed by atoms with Crippen LogP contribution in [0.4, 0.5) is 10.1 Å². The molecule has 0 aromatic heterocycles. The monoisotopic (exact) mass is 445 g/mol. The fraction of sp³-hybridized carbons (Fsp3) is 0.185. The van der Waals surface area contributed by atoms with Crippen LogP contribution >= 0.6 is 0 Å². The molecule has 3 aromatic rings. The number of carbonyl (C=O) groups is 2. The quantitative estimate of drug-likeness (QED) is 0.307. The number of benzene rings is 3. The lowest BCUT2D eigenvalue weighted by Crippen LogP contribution is -2.29. The Balaban J connectivity index is 1.85. The summed E-state index contributed by atoms with van der Waals surface area (Å²) in [5.74, 6) is -1.63. The van der Waals surface area contributed by atoms with Gasteiger partial charge in [-0.3, -0.25) is 14.5 Å². The van der Waals surface area contributed by atoms with Crippen LogP contribution in [0.15, 0.2) is 78.4 Å². The number of aliphatic hydroxyl groups is 1.